The lowest BCUT2D eigenvalue weighted by molar-refractivity contribution is 1.68. The molecule has 1 rings (SSSR count). The Morgan fingerprint density at radius 2 is 2.57 bits per heavy atom. The summed E-state index contributed by atoms with van der Waals surface area (Å²) >= 11 is 1.66. The van der Waals surface area contributed by atoms with Crippen LogP contribution in [0.25, 0.3) is 0 Å². The minimum Gasteiger partial charge on any atom is -0.383 e. The van der Waals surface area contributed by atoms with Crippen molar-refractivity contribution in [3.63, 3.8) is 0 Å². The largest absolute Gasteiger partial charge is 0.383 e. The number of thiophene rings is 1. The number of rotatable bonds is 1. The van der Waals surface area contributed by atoms with E-state index in [1.54, 1.807) is 11.3 Å². The summed E-state index contributed by atoms with van der Waals surface area (Å²) in [5, 5.41) is 6.78. The van der Waals surface area contributed by atoms with E-state index in [0.717, 1.165) is 5.69 Å². The van der Waals surface area contributed by atoms with Crippen molar-refractivity contribution in [3.8, 4) is 0 Å². The molecule has 0 aliphatic heterocycles. The fourth-order valence-corrected chi connectivity index (χ4v) is 0.977. The van der Waals surface area contributed by atoms with Crippen molar-refractivity contribution in [1.82, 2.24) is 0 Å². The Labute approximate surface area is 47.0 Å². The number of hydrogen-bond donors (Lipinski definition) is 1. The van der Waals surface area contributed by atoms with Gasteiger partial charge in [-0.3, -0.25) is 0 Å². The summed E-state index contributed by atoms with van der Waals surface area (Å²) in [5.74, 6) is 0. The normalized spacial score (nSPS) is 8.71. The van der Waals surface area contributed by atoms with Crippen LogP contribution in [0, 0.1) is 7.05 Å². The Morgan fingerprint density at radius 3 is 2.86 bits per heavy atom. The van der Waals surface area contributed by atoms with E-state index < -0.39 is 0 Å². The zero-order chi connectivity index (χ0) is 5.11. The maximum absolute atomic E-state index is 3.48. The molecule has 1 heterocycles. The van der Waals surface area contributed by atoms with Crippen molar-refractivity contribution < 1.29 is 0 Å². The third-order valence-electron chi connectivity index (χ3n) is 0.725. The van der Waals surface area contributed by atoms with E-state index in [1.165, 1.54) is 0 Å². The topological polar surface area (TPSA) is 12.0 Å². The van der Waals surface area contributed by atoms with Crippen molar-refractivity contribution >= 4 is 17.0 Å². The standard InChI is InChI=1S/C5H6NS/c1-6-5-2-3-7-4-5/h2-4,6H,1H2. The molecule has 0 aliphatic rings. The summed E-state index contributed by atoms with van der Waals surface area (Å²) in [5.41, 5.74) is 1.09. The molecule has 0 atom stereocenters. The zero-order valence-corrected chi connectivity index (χ0v) is 4.66. The van der Waals surface area contributed by atoms with Crippen LogP contribution in [-0.4, -0.2) is 0 Å². The first-order valence-corrected chi connectivity index (χ1v) is 2.93. The van der Waals surface area contributed by atoms with Gasteiger partial charge in [0.05, 0.1) is 0 Å². The third-order valence-corrected chi connectivity index (χ3v) is 1.41. The molecular weight excluding hydrogens is 106 g/mol. The Balaban J connectivity index is 2.76. The fourth-order valence-electron chi connectivity index (χ4n) is 0.365. The van der Waals surface area contributed by atoms with Crippen LogP contribution in [0.4, 0.5) is 5.69 Å². The second-order valence-electron chi connectivity index (χ2n) is 1.19. The molecule has 1 nitrogen and oxygen atoms in total. The van der Waals surface area contributed by atoms with Gasteiger partial charge in [0.15, 0.2) is 0 Å². The van der Waals surface area contributed by atoms with E-state index in [9.17, 15) is 0 Å². The van der Waals surface area contributed by atoms with Gasteiger partial charge in [-0.1, -0.05) is 0 Å². The van der Waals surface area contributed by atoms with Gasteiger partial charge in [-0.15, -0.1) is 0 Å². The average Bonchev–Trinajstić information content (AvgIpc) is 2.14. The molecule has 0 bridgehead atoms. The Morgan fingerprint density at radius 1 is 1.71 bits per heavy atom. The van der Waals surface area contributed by atoms with Gasteiger partial charge in [0.2, 0.25) is 0 Å². The first kappa shape index (κ1) is 4.65. The highest BCUT2D eigenvalue weighted by molar-refractivity contribution is 7.08. The summed E-state index contributed by atoms with van der Waals surface area (Å²) in [7, 11) is 3.48. The first-order valence-electron chi connectivity index (χ1n) is 1.99. The predicted octanol–water partition coefficient (Wildman–Crippen LogP) is 1.95. The summed E-state index contributed by atoms with van der Waals surface area (Å²) in [6.07, 6.45) is 0. The van der Waals surface area contributed by atoms with Gasteiger partial charge in [-0.25, -0.2) is 0 Å². The van der Waals surface area contributed by atoms with Crippen molar-refractivity contribution in [1.29, 1.82) is 0 Å². The quantitative estimate of drug-likeness (QED) is 0.585. The van der Waals surface area contributed by atoms with Gasteiger partial charge >= 0.3 is 0 Å². The van der Waals surface area contributed by atoms with Crippen LogP contribution >= 0.6 is 11.3 Å². The molecule has 0 aliphatic carbocycles. The molecule has 1 N–H and O–H groups in total. The smallest absolute Gasteiger partial charge is 0.0449 e. The molecule has 0 fully saturated rings. The molecule has 0 amide bonds. The second-order valence-corrected chi connectivity index (χ2v) is 1.97. The molecule has 0 unspecified atom stereocenters. The molecule has 7 heavy (non-hydrogen) atoms. The van der Waals surface area contributed by atoms with Crippen LogP contribution in [0.3, 0.4) is 0 Å². The van der Waals surface area contributed by atoms with Crippen LogP contribution in [0.5, 0.6) is 0 Å². The van der Waals surface area contributed by atoms with Crippen LogP contribution < -0.4 is 5.32 Å². The summed E-state index contributed by atoms with van der Waals surface area (Å²) in [6.45, 7) is 0. The lowest BCUT2D eigenvalue weighted by atomic mass is 10.5. The number of hydrogen-bond acceptors (Lipinski definition) is 2. The fraction of sp³-hybridized carbons (Fsp3) is 0. The van der Waals surface area contributed by atoms with Crippen molar-refractivity contribution in [2.45, 2.75) is 0 Å². The summed E-state index contributed by atoms with van der Waals surface area (Å²) in [4.78, 5) is 0. The van der Waals surface area contributed by atoms with Crippen LogP contribution in [-0.2, 0) is 0 Å². The molecular formula is C5H6NS. The van der Waals surface area contributed by atoms with E-state index in [0.29, 0.717) is 0 Å². The van der Waals surface area contributed by atoms with E-state index in [2.05, 4.69) is 12.4 Å². The molecule has 0 aromatic carbocycles. The first-order chi connectivity index (χ1) is 3.43. The van der Waals surface area contributed by atoms with Crippen LogP contribution in [0.1, 0.15) is 0 Å². The molecule has 0 saturated heterocycles. The third kappa shape index (κ3) is 0.933. The zero-order valence-electron chi connectivity index (χ0n) is 3.85. The maximum Gasteiger partial charge on any atom is 0.0449 e. The lowest BCUT2D eigenvalue weighted by Gasteiger charge is -1.85. The second kappa shape index (κ2) is 1.98. The maximum atomic E-state index is 3.48. The van der Waals surface area contributed by atoms with E-state index in [-0.39, 0.29) is 0 Å². The van der Waals surface area contributed by atoms with E-state index in [1.807, 2.05) is 16.8 Å². The summed E-state index contributed by atoms with van der Waals surface area (Å²) in [6, 6.07) is 1.98. The van der Waals surface area contributed by atoms with Gasteiger partial charge in [-0.05, 0) is 11.4 Å². The highest BCUT2D eigenvalue weighted by Crippen LogP contribution is 2.09. The van der Waals surface area contributed by atoms with Crippen molar-refractivity contribution in [2.24, 2.45) is 0 Å². The van der Waals surface area contributed by atoms with Crippen molar-refractivity contribution in [3.05, 3.63) is 23.9 Å². The summed E-state index contributed by atoms with van der Waals surface area (Å²) < 4.78 is 0. The molecule has 1 aromatic heterocycles. The van der Waals surface area contributed by atoms with Crippen LogP contribution in [0.15, 0.2) is 16.8 Å². The van der Waals surface area contributed by atoms with Crippen molar-refractivity contribution in [2.75, 3.05) is 5.32 Å². The SMILES string of the molecule is [CH2]Nc1ccsc1. The molecule has 2 heteroatoms. The minimum absolute atomic E-state index is 1.09. The van der Waals surface area contributed by atoms with E-state index >= 15 is 0 Å². The molecule has 0 spiro atoms. The predicted molar refractivity (Wildman–Crippen MR) is 33.3 cm³/mol. The number of nitrogens with one attached hydrogen (secondary N) is 1. The van der Waals surface area contributed by atoms with Gasteiger partial charge in [0.1, 0.15) is 0 Å². The molecule has 0 saturated carbocycles. The van der Waals surface area contributed by atoms with Crippen LogP contribution in [0.2, 0.25) is 0 Å². The Hall–Kier alpha value is -0.500. The monoisotopic (exact) mass is 112 g/mol. The van der Waals surface area contributed by atoms with Gasteiger partial charge < -0.3 is 5.32 Å². The Bertz CT molecular complexity index is 123. The molecule has 1 radical (unpaired) electrons. The van der Waals surface area contributed by atoms with E-state index in [4.69, 9.17) is 0 Å². The lowest BCUT2D eigenvalue weighted by Crippen LogP contribution is -1.76. The number of anilines is 1. The highest BCUT2D eigenvalue weighted by Gasteiger charge is 1.80. The average molecular weight is 112 g/mol. The Kier molecular flexibility index (Phi) is 1.32. The van der Waals surface area contributed by atoms with Gasteiger partial charge in [0, 0.05) is 18.1 Å². The minimum atomic E-state index is 1.09. The molecule has 1 aromatic rings. The van der Waals surface area contributed by atoms with Gasteiger partial charge in [0.25, 0.3) is 0 Å². The highest BCUT2D eigenvalue weighted by atomic mass is 32.1. The molecule has 37 valence electrons. The van der Waals surface area contributed by atoms with Gasteiger partial charge in [-0.2, -0.15) is 11.3 Å².